The number of anilines is 2. The van der Waals surface area contributed by atoms with E-state index in [4.69, 9.17) is 9.63 Å². The van der Waals surface area contributed by atoms with Gasteiger partial charge in [0.05, 0.1) is 0 Å². The molecule has 0 atom stereocenters. The van der Waals surface area contributed by atoms with Gasteiger partial charge in [-0.05, 0) is 43.3 Å². The molecule has 0 aliphatic carbocycles. The number of hydrogen-bond donors (Lipinski definition) is 3. The minimum absolute atomic E-state index is 0.211. The average molecular weight is 337 g/mol. The van der Waals surface area contributed by atoms with Gasteiger partial charge in [0, 0.05) is 16.8 Å². The molecule has 25 heavy (non-hydrogen) atoms. The van der Waals surface area contributed by atoms with Crippen LogP contribution >= 0.6 is 0 Å². The Kier molecular flexibility index (Phi) is 4.47. The summed E-state index contributed by atoms with van der Waals surface area (Å²) in [5, 5.41) is 17.8. The van der Waals surface area contributed by atoms with Crippen LogP contribution in [-0.2, 0) is 0 Å². The maximum absolute atomic E-state index is 12.1. The van der Waals surface area contributed by atoms with Gasteiger partial charge >= 0.3 is 6.09 Å². The van der Waals surface area contributed by atoms with Crippen LogP contribution < -0.4 is 10.6 Å². The first kappa shape index (κ1) is 16.3. The van der Waals surface area contributed by atoms with Crippen LogP contribution in [-0.4, -0.2) is 22.3 Å². The van der Waals surface area contributed by atoms with Crippen molar-refractivity contribution in [3.05, 3.63) is 65.9 Å². The first-order valence-electron chi connectivity index (χ1n) is 7.47. The first-order chi connectivity index (χ1) is 12.0. The molecule has 3 N–H and O–H groups in total. The second-order valence-electron chi connectivity index (χ2n) is 5.30. The van der Waals surface area contributed by atoms with Crippen molar-refractivity contribution in [2.45, 2.75) is 6.92 Å². The van der Waals surface area contributed by atoms with Crippen molar-refractivity contribution in [3.8, 4) is 11.3 Å². The van der Waals surface area contributed by atoms with Gasteiger partial charge in [-0.3, -0.25) is 10.1 Å². The zero-order chi connectivity index (χ0) is 17.8. The fourth-order valence-electron chi connectivity index (χ4n) is 2.32. The van der Waals surface area contributed by atoms with E-state index >= 15 is 0 Å². The number of benzene rings is 2. The molecule has 0 saturated heterocycles. The van der Waals surface area contributed by atoms with Crippen LogP contribution in [0.2, 0.25) is 0 Å². The molecule has 7 heteroatoms. The summed E-state index contributed by atoms with van der Waals surface area (Å²) >= 11 is 0. The zero-order valence-corrected chi connectivity index (χ0v) is 13.3. The monoisotopic (exact) mass is 337 g/mol. The number of nitrogens with one attached hydrogen (secondary N) is 2. The van der Waals surface area contributed by atoms with Gasteiger partial charge in [-0.1, -0.05) is 23.4 Å². The third-order valence-electron chi connectivity index (χ3n) is 3.54. The minimum atomic E-state index is -1.20. The Labute approximate surface area is 143 Å². The van der Waals surface area contributed by atoms with E-state index in [0.29, 0.717) is 34.0 Å². The molecule has 0 aliphatic heterocycles. The summed E-state index contributed by atoms with van der Waals surface area (Å²) in [6, 6.07) is 15.7. The van der Waals surface area contributed by atoms with Crippen LogP contribution in [0.5, 0.6) is 0 Å². The number of carbonyl (C=O) groups is 2. The van der Waals surface area contributed by atoms with E-state index in [-0.39, 0.29) is 5.91 Å². The van der Waals surface area contributed by atoms with Gasteiger partial charge in [0.1, 0.15) is 11.4 Å². The molecule has 0 saturated carbocycles. The number of carbonyl (C=O) groups excluding carboxylic acids is 1. The molecule has 0 radical (unpaired) electrons. The van der Waals surface area contributed by atoms with Crippen LogP contribution in [0.25, 0.3) is 11.3 Å². The fraction of sp³-hybridized carbons (Fsp3) is 0.0556. The molecule has 0 bridgehead atoms. The van der Waals surface area contributed by atoms with Crippen LogP contribution in [0.1, 0.15) is 16.1 Å². The summed E-state index contributed by atoms with van der Waals surface area (Å²) in [5.74, 6) is 0.109. The van der Waals surface area contributed by atoms with E-state index in [9.17, 15) is 9.59 Å². The predicted octanol–water partition coefficient (Wildman–Crippen LogP) is 3.99. The minimum Gasteiger partial charge on any atom is -0.465 e. The van der Waals surface area contributed by atoms with Crippen molar-refractivity contribution in [1.82, 2.24) is 5.16 Å². The van der Waals surface area contributed by atoms with E-state index in [1.54, 1.807) is 55.5 Å². The summed E-state index contributed by atoms with van der Waals surface area (Å²) < 4.78 is 5.21. The Bertz CT molecular complexity index is 902. The lowest BCUT2D eigenvalue weighted by atomic mass is 10.1. The second-order valence-corrected chi connectivity index (χ2v) is 5.30. The van der Waals surface area contributed by atoms with E-state index in [1.807, 2.05) is 6.07 Å². The van der Waals surface area contributed by atoms with Crippen molar-refractivity contribution < 1.29 is 19.2 Å². The van der Waals surface area contributed by atoms with Crippen molar-refractivity contribution >= 4 is 23.4 Å². The van der Waals surface area contributed by atoms with Crippen LogP contribution in [0.15, 0.2) is 59.1 Å². The van der Waals surface area contributed by atoms with Gasteiger partial charge in [0.25, 0.3) is 5.91 Å². The standard InChI is InChI=1S/C18H15N3O4/c1-11-15(20-18(23)24)16(25-21-11)12-7-9-14(10-8-12)19-17(22)13-5-3-2-4-6-13/h2-10,20H,1H3,(H,19,22)(H,23,24). The molecule has 3 rings (SSSR count). The highest BCUT2D eigenvalue weighted by atomic mass is 16.5. The fourth-order valence-corrected chi connectivity index (χ4v) is 2.32. The van der Waals surface area contributed by atoms with Crippen LogP contribution in [0.4, 0.5) is 16.2 Å². The lowest BCUT2D eigenvalue weighted by Crippen LogP contribution is -2.11. The topological polar surface area (TPSA) is 104 Å². The number of aromatic nitrogens is 1. The van der Waals surface area contributed by atoms with E-state index in [2.05, 4.69) is 15.8 Å². The lowest BCUT2D eigenvalue weighted by molar-refractivity contribution is 0.102. The normalized spacial score (nSPS) is 10.3. The molecule has 7 nitrogen and oxygen atoms in total. The SMILES string of the molecule is Cc1noc(-c2ccc(NC(=O)c3ccccc3)cc2)c1NC(=O)O. The van der Waals surface area contributed by atoms with Crippen molar-refractivity contribution in [1.29, 1.82) is 0 Å². The molecular formula is C18H15N3O4. The summed E-state index contributed by atoms with van der Waals surface area (Å²) in [6.07, 6.45) is -1.20. The molecule has 2 aromatic carbocycles. The Hall–Kier alpha value is -3.61. The summed E-state index contributed by atoms with van der Waals surface area (Å²) in [4.78, 5) is 23.0. The number of amides is 2. The smallest absolute Gasteiger partial charge is 0.409 e. The van der Waals surface area contributed by atoms with Gasteiger partial charge in [0.2, 0.25) is 0 Å². The molecule has 1 aromatic heterocycles. The number of rotatable bonds is 4. The predicted molar refractivity (Wildman–Crippen MR) is 92.7 cm³/mol. The second kappa shape index (κ2) is 6.88. The molecule has 0 fully saturated rings. The average Bonchev–Trinajstić information content (AvgIpc) is 2.96. The maximum Gasteiger partial charge on any atom is 0.409 e. The number of nitrogens with zero attached hydrogens (tertiary/aromatic N) is 1. The molecule has 126 valence electrons. The Balaban J connectivity index is 1.79. The summed E-state index contributed by atoms with van der Waals surface area (Å²) in [5.41, 5.74) is 2.56. The highest BCUT2D eigenvalue weighted by Gasteiger charge is 2.17. The largest absolute Gasteiger partial charge is 0.465 e. The van der Waals surface area contributed by atoms with Crippen LogP contribution in [0, 0.1) is 6.92 Å². The number of aryl methyl sites for hydroxylation is 1. The van der Waals surface area contributed by atoms with E-state index < -0.39 is 6.09 Å². The molecule has 0 spiro atoms. The van der Waals surface area contributed by atoms with Gasteiger partial charge in [-0.25, -0.2) is 4.79 Å². The summed E-state index contributed by atoms with van der Waals surface area (Å²) in [7, 11) is 0. The summed E-state index contributed by atoms with van der Waals surface area (Å²) in [6.45, 7) is 1.65. The Morgan fingerprint density at radius 3 is 2.32 bits per heavy atom. The molecule has 3 aromatic rings. The van der Waals surface area contributed by atoms with Crippen LogP contribution in [0.3, 0.4) is 0 Å². The number of carboxylic acid groups (broad SMARTS) is 1. The zero-order valence-electron chi connectivity index (χ0n) is 13.3. The Morgan fingerprint density at radius 1 is 1.00 bits per heavy atom. The molecule has 1 heterocycles. The molecule has 0 aliphatic rings. The van der Waals surface area contributed by atoms with Gasteiger partial charge < -0.3 is 14.9 Å². The van der Waals surface area contributed by atoms with Gasteiger partial charge in [0.15, 0.2) is 5.76 Å². The maximum atomic E-state index is 12.1. The number of hydrogen-bond acceptors (Lipinski definition) is 4. The highest BCUT2D eigenvalue weighted by Crippen LogP contribution is 2.31. The third-order valence-corrected chi connectivity index (χ3v) is 3.54. The first-order valence-corrected chi connectivity index (χ1v) is 7.47. The third kappa shape index (κ3) is 3.66. The van der Waals surface area contributed by atoms with Crippen molar-refractivity contribution in [2.24, 2.45) is 0 Å². The molecule has 2 amide bonds. The quantitative estimate of drug-likeness (QED) is 0.667. The Morgan fingerprint density at radius 2 is 1.68 bits per heavy atom. The van der Waals surface area contributed by atoms with E-state index in [0.717, 1.165) is 0 Å². The van der Waals surface area contributed by atoms with Gasteiger partial charge in [-0.15, -0.1) is 0 Å². The highest BCUT2D eigenvalue weighted by molar-refractivity contribution is 6.04. The van der Waals surface area contributed by atoms with E-state index in [1.165, 1.54) is 0 Å². The van der Waals surface area contributed by atoms with Crippen molar-refractivity contribution in [3.63, 3.8) is 0 Å². The lowest BCUT2D eigenvalue weighted by Gasteiger charge is -2.06. The molecular weight excluding hydrogens is 322 g/mol. The van der Waals surface area contributed by atoms with Crippen molar-refractivity contribution in [2.75, 3.05) is 10.6 Å². The molecule has 0 unspecified atom stereocenters. The van der Waals surface area contributed by atoms with Gasteiger partial charge in [-0.2, -0.15) is 0 Å².